The zero-order valence-corrected chi connectivity index (χ0v) is 13.2. The summed E-state index contributed by atoms with van der Waals surface area (Å²) >= 11 is 0. The zero-order valence-electron chi connectivity index (χ0n) is 13.2. The standard InChI is InChI=1S/C16H28N2O3/c1-12(13-8-4-3-5-9-13)17-15(21)18-11-7-6-10-16(18,2)14(19)20/h12-13H,3-11H2,1-2H3,(H,17,21)(H,19,20). The van der Waals surface area contributed by atoms with Crippen LogP contribution in [0.4, 0.5) is 4.79 Å². The van der Waals surface area contributed by atoms with Crippen molar-refractivity contribution in [3.63, 3.8) is 0 Å². The van der Waals surface area contributed by atoms with Crippen LogP contribution in [0.1, 0.15) is 65.2 Å². The molecule has 2 fully saturated rings. The van der Waals surface area contributed by atoms with Gasteiger partial charge in [0.05, 0.1) is 0 Å². The van der Waals surface area contributed by atoms with E-state index in [1.807, 2.05) is 0 Å². The molecular weight excluding hydrogens is 268 g/mol. The zero-order chi connectivity index (χ0) is 15.5. The van der Waals surface area contributed by atoms with E-state index in [1.165, 1.54) is 24.2 Å². The lowest BCUT2D eigenvalue weighted by molar-refractivity contribution is -0.150. The molecule has 0 spiro atoms. The molecule has 0 aromatic heterocycles. The lowest BCUT2D eigenvalue weighted by Gasteiger charge is -2.42. The number of hydrogen-bond donors (Lipinski definition) is 2. The molecule has 0 aromatic carbocycles. The highest BCUT2D eigenvalue weighted by atomic mass is 16.4. The summed E-state index contributed by atoms with van der Waals surface area (Å²) in [5.74, 6) is -0.369. The van der Waals surface area contributed by atoms with Crippen LogP contribution < -0.4 is 5.32 Å². The van der Waals surface area contributed by atoms with E-state index in [-0.39, 0.29) is 12.1 Å². The summed E-state index contributed by atoms with van der Waals surface area (Å²) in [6.45, 7) is 4.25. The number of carboxylic acid groups (broad SMARTS) is 1. The van der Waals surface area contributed by atoms with Gasteiger partial charge in [-0.25, -0.2) is 9.59 Å². The van der Waals surface area contributed by atoms with E-state index in [2.05, 4.69) is 12.2 Å². The van der Waals surface area contributed by atoms with Crippen molar-refractivity contribution < 1.29 is 14.7 Å². The molecule has 2 N–H and O–H groups in total. The van der Waals surface area contributed by atoms with Crippen molar-refractivity contribution in [2.75, 3.05) is 6.54 Å². The minimum atomic E-state index is -1.06. The number of likely N-dealkylation sites (tertiary alicyclic amines) is 1. The summed E-state index contributed by atoms with van der Waals surface area (Å²) in [7, 11) is 0. The summed E-state index contributed by atoms with van der Waals surface area (Å²) in [6, 6.07) is -0.0876. The predicted molar refractivity (Wildman–Crippen MR) is 81.2 cm³/mol. The van der Waals surface area contributed by atoms with Gasteiger partial charge in [0.25, 0.3) is 0 Å². The fraction of sp³-hybridized carbons (Fsp3) is 0.875. The number of hydrogen-bond acceptors (Lipinski definition) is 2. The number of carboxylic acids is 1. The Bertz CT molecular complexity index is 393. The van der Waals surface area contributed by atoms with E-state index in [4.69, 9.17) is 0 Å². The van der Waals surface area contributed by atoms with E-state index in [0.29, 0.717) is 18.9 Å². The molecule has 1 aliphatic heterocycles. The number of piperidine rings is 1. The van der Waals surface area contributed by atoms with Crippen molar-refractivity contribution in [2.45, 2.75) is 76.8 Å². The molecule has 2 amide bonds. The molecule has 120 valence electrons. The summed E-state index contributed by atoms with van der Waals surface area (Å²) in [5.41, 5.74) is -1.06. The van der Waals surface area contributed by atoms with Gasteiger partial charge in [0, 0.05) is 12.6 Å². The fourth-order valence-electron chi connectivity index (χ4n) is 3.69. The number of aliphatic carboxylic acids is 1. The van der Waals surface area contributed by atoms with Gasteiger partial charge in [-0.05, 0) is 51.9 Å². The Balaban J connectivity index is 1.98. The minimum Gasteiger partial charge on any atom is -0.480 e. The summed E-state index contributed by atoms with van der Waals surface area (Å²) in [6.07, 6.45) is 8.38. The third-order valence-electron chi connectivity index (χ3n) is 5.31. The molecule has 2 aliphatic rings. The highest BCUT2D eigenvalue weighted by Crippen LogP contribution is 2.30. The topological polar surface area (TPSA) is 69.6 Å². The molecular formula is C16H28N2O3. The largest absolute Gasteiger partial charge is 0.480 e. The average Bonchev–Trinajstić information content (AvgIpc) is 2.48. The van der Waals surface area contributed by atoms with Crippen LogP contribution in [0.5, 0.6) is 0 Å². The van der Waals surface area contributed by atoms with Crippen LogP contribution in [-0.2, 0) is 4.79 Å². The SMILES string of the molecule is CC(NC(=O)N1CCCCC1(C)C(=O)O)C1CCCCC1. The molecule has 0 aromatic rings. The lowest BCUT2D eigenvalue weighted by atomic mass is 9.84. The van der Waals surface area contributed by atoms with Crippen LogP contribution in [0.2, 0.25) is 0 Å². The van der Waals surface area contributed by atoms with Gasteiger partial charge in [-0.15, -0.1) is 0 Å². The number of amides is 2. The molecule has 1 saturated carbocycles. The number of carbonyl (C=O) groups is 2. The molecule has 5 heteroatoms. The van der Waals surface area contributed by atoms with Gasteiger partial charge in [0.15, 0.2) is 0 Å². The maximum Gasteiger partial charge on any atom is 0.329 e. The van der Waals surface area contributed by atoms with Gasteiger partial charge in [-0.2, -0.15) is 0 Å². The van der Waals surface area contributed by atoms with Crippen LogP contribution in [-0.4, -0.2) is 40.1 Å². The first-order chi connectivity index (χ1) is 9.95. The van der Waals surface area contributed by atoms with Crippen LogP contribution in [0, 0.1) is 5.92 Å². The van der Waals surface area contributed by atoms with Crippen molar-refractivity contribution in [2.24, 2.45) is 5.92 Å². The molecule has 0 radical (unpaired) electrons. The van der Waals surface area contributed by atoms with Crippen molar-refractivity contribution in [1.29, 1.82) is 0 Å². The van der Waals surface area contributed by atoms with Crippen molar-refractivity contribution in [1.82, 2.24) is 10.2 Å². The van der Waals surface area contributed by atoms with E-state index in [1.54, 1.807) is 6.92 Å². The van der Waals surface area contributed by atoms with Gasteiger partial charge in [0.1, 0.15) is 5.54 Å². The molecule has 0 bridgehead atoms. The maximum atomic E-state index is 12.5. The van der Waals surface area contributed by atoms with Crippen LogP contribution in [0.3, 0.4) is 0 Å². The number of carbonyl (C=O) groups excluding carboxylic acids is 1. The second kappa shape index (κ2) is 6.67. The van der Waals surface area contributed by atoms with Crippen molar-refractivity contribution in [3.8, 4) is 0 Å². The second-order valence-electron chi connectivity index (χ2n) is 6.82. The lowest BCUT2D eigenvalue weighted by Crippen LogP contribution is -2.61. The molecule has 21 heavy (non-hydrogen) atoms. The normalized spacial score (nSPS) is 29.0. The van der Waals surface area contributed by atoms with Gasteiger partial charge in [0.2, 0.25) is 0 Å². The van der Waals surface area contributed by atoms with E-state index in [0.717, 1.165) is 25.7 Å². The first kappa shape index (κ1) is 16.1. The van der Waals surface area contributed by atoms with Crippen LogP contribution in [0.15, 0.2) is 0 Å². The molecule has 1 saturated heterocycles. The van der Waals surface area contributed by atoms with E-state index < -0.39 is 11.5 Å². The molecule has 1 heterocycles. The summed E-state index contributed by atoms with van der Waals surface area (Å²) in [4.78, 5) is 25.6. The van der Waals surface area contributed by atoms with E-state index >= 15 is 0 Å². The first-order valence-corrected chi connectivity index (χ1v) is 8.26. The van der Waals surface area contributed by atoms with Crippen molar-refractivity contribution in [3.05, 3.63) is 0 Å². The third kappa shape index (κ3) is 3.50. The Morgan fingerprint density at radius 1 is 1.19 bits per heavy atom. The van der Waals surface area contributed by atoms with Gasteiger partial charge < -0.3 is 15.3 Å². The maximum absolute atomic E-state index is 12.5. The Morgan fingerprint density at radius 3 is 2.48 bits per heavy atom. The monoisotopic (exact) mass is 296 g/mol. The van der Waals surface area contributed by atoms with Crippen LogP contribution in [0.25, 0.3) is 0 Å². The first-order valence-electron chi connectivity index (χ1n) is 8.26. The Kier molecular flexibility index (Phi) is 5.12. The fourth-order valence-corrected chi connectivity index (χ4v) is 3.69. The Hall–Kier alpha value is -1.26. The summed E-state index contributed by atoms with van der Waals surface area (Å²) in [5, 5.41) is 12.5. The Labute approximate surface area is 127 Å². The number of nitrogens with one attached hydrogen (secondary N) is 1. The van der Waals surface area contributed by atoms with Crippen molar-refractivity contribution >= 4 is 12.0 Å². The molecule has 2 atom stereocenters. The molecule has 1 aliphatic carbocycles. The third-order valence-corrected chi connectivity index (χ3v) is 5.31. The highest BCUT2D eigenvalue weighted by molar-refractivity contribution is 5.86. The second-order valence-corrected chi connectivity index (χ2v) is 6.82. The van der Waals surface area contributed by atoms with E-state index in [9.17, 15) is 14.7 Å². The Morgan fingerprint density at radius 2 is 1.86 bits per heavy atom. The van der Waals surface area contributed by atoms with Gasteiger partial charge in [-0.1, -0.05) is 19.3 Å². The summed E-state index contributed by atoms with van der Waals surface area (Å²) < 4.78 is 0. The highest BCUT2D eigenvalue weighted by Gasteiger charge is 2.44. The number of rotatable bonds is 3. The average molecular weight is 296 g/mol. The minimum absolute atomic E-state index is 0.123. The number of urea groups is 1. The van der Waals surface area contributed by atoms with Gasteiger partial charge >= 0.3 is 12.0 Å². The molecule has 2 rings (SSSR count). The van der Waals surface area contributed by atoms with Gasteiger partial charge in [-0.3, -0.25) is 0 Å². The number of nitrogens with zero attached hydrogens (tertiary/aromatic N) is 1. The molecule has 2 unspecified atom stereocenters. The quantitative estimate of drug-likeness (QED) is 0.841. The van der Waals surface area contributed by atoms with Crippen LogP contribution >= 0.6 is 0 Å². The predicted octanol–water partition coefficient (Wildman–Crippen LogP) is 2.99. The smallest absolute Gasteiger partial charge is 0.329 e. The molecule has 5 nitrogen and oxygen atoms in total.